The molecule has 0 radical (unpaired) electrons. The highest BCUT2D eigenvalue weighted by Crippen LogP contribution is 2.47. The predicted octanol–water partition coefficient (Wildman–Crippen LogP) is 1.95. The lowest BCUT2D eigenvalue weighted by Crippen LogP contribution is -2.03. The van der Waals surface area contributed by atoms with Gasteiger partial charge in [0.1, 0.15) is 0 Å². The standard InChI is InChI=1S/C6H11O6P2/c1-11-13(9)6(14(10)12-2)4-3-5(7)8/h6H,3-4H2,1-2H3/q+1/p+1. The van der Waals surface area contributed by atoms with Crippen LogP contribution in [0.3, 0.4) is 0 Å². The Morgan fingerprint density at radius 3 is 2.00 bits per heavy atom. The molecule has 0 spiro atoms. The van der Waals surface area contributed by atoms with Gasteiger partial charge in [0.2, 0.25) is 0 Å². The number of aliphatic carboxylic acids is 1. The van der Waals surface area contributed by atoms with Gasteiger partial charge in [0.15, 0.2) is 0 Å². The molecule has 2 atom stereocenters. The summed E-state index contributed by atoms with van der Waals surface area (Å²) in [6, 6.07) is 0. The number of carbonyl (C=O) groups is 1. The zero-order valence-electron chi connectivity index (χ0n) is 7.87. The molecule has 1 N–H and O–H groups in total. The first-order valence-corrected chi connectivity index (χ1v) is 6.25. The van der Waals surface area contributed by atoms with Crippen molar-refractivity contribution < 1.29 is 28.1 Å². The van der Waals surface area contributed by atoms with E-state index in [1.54, 1.807) is 0 Å². The molecule has 0 bridgehead atoms. The maximum Gasteiger partial charge on any atom is 0.566 e. The van der Waals surface area contributed by atoms with Crippen molar-refractivity contribution in [3.05, 3.63) is 0 Å². The van der Waals surface area contributed by atoms with Crippen molar-refractivity contribution in [1.82, 2.24) is 0 Å². The van der Waals surface area contributed by atoms with Crippen LogP contribution in [0, 0.1) is 0 Å². The molecule has 14 heavy (non-hydrogen) atoms. The quantitative estimate of drug-likeness (QED) is 0.686. The van der Waals surface area contributed by atoms with Gasteiger partial charge in [-0.3, -0.25) is 4.79 Å². The third-order valence-corrected chi connectivity index (χ3v) is 4.80. The fourth-order valence-electron chi connectivity index (χ4n) is 0.784. The van der Waals surface area contributed by atoms with Crippen LogP contribution >= 0.6 is 16.1 Å². The molecule has 6 nitrogen and oxygen atoms in total. The second kappa shape index (κ2) is 6.96. The minimum absolute atomic E-state index is 0.0153. The second-order valence-corrected chi connectivity index (χ2v) is 5.87. The molecule has 0 aromatic carbocycles. The van der Waals surface area contributed by atoms with Crippen molar-refractivity contribution in [2.75, 3.05) is 14.2 Å². The normalized spacial score (nSPS) is 14.7. The van der Waals surface area contributed by atoms with Gasteiger partial charge in [0.05, 0.1) is 27.1 Å². The van der Waals surface area contributed by atoms with E-state index in [0.717, 1.165) is 0 Å². The first-order valence-electron chi connectivity index (χ1n) is 3.75. The monoisotopic (exact) mass is 242 g/mol. The second-order valence-electron chi connectivity index (χ2n) is 2.35. The Bertz CT molecular complexity index is 224. The molecule has 0 rings (SSSR count). The number of hydrogen-bond donors (Lipinski definition) is 1. The van der Waals surface area contributed by atoms with Gasteiger partial charge in [-0.05, 0) is 9.13 Å². The Labute approximate surface area is 83.3 Å². The van der Waals surface area contributed by atoms with Gasteiger partial charge in [-0.25, -0.2) is 0 Å². The lowest BCUT2D eigenvalue weighted by Gasteiger charge is -1.91. The molecule has 0 aliphatic carbocycles. The largest absolute Gasteiger partial charge is 0.566 e. The summed E-state index contributed by atoms with van der Waals surface area (Å²) in [5.41, 5.74) is 0. The maximum atomic E-state index is 11.2. The van der Waals surface area contributed by atoms with Crippen molar-refractivity contribution >= 4 is 22.0 Å². The van der Waals surface area contributed by atoms with E-state index in [1.165, 1.54) is 14.2 Å². The Kier molecular flexibility index (Phi) is 6.75. The molecule has 0 amide bonds. The molecule has 0 saturated carbocycles. The van der Waals surface area contributed by atoms with Crippen molar-refractivity contribution in [3.63, 3.8) is 0 Å². The van der Waals surface area contributed by atoms with E-state index in [1.807, 2.05) is 0 Å². The Morgan fingerprint density at radius 2 is 1.71 bits per heavy atom. The zero-order valence-corrected chi connectivity index (χ0v) is 9.66. The first kappa shape index (κ1) is 13.6. The lowest BCUT2D eigenvalue weighted by atomic mass is 10.3. The van der Waals surface area contributed by atoms with Gasteiger partial charge < -0.3 is 5.11 Å². The average Bonchev–Trinajstić information content (AvgIpc) is 2.16. The van der Waals surface area contributed by atoms with Crippen LogP contribution in [0.2, 0.25) is 0 Å². The topological polar surface area (TPSA) is 89.9 Å². The molecule has 0 aliphatic rings. The highest BCUT2D eigenvalue weighted by molar-refractivity contribution is 7.58. The van der Waals surface area contributed by atoms with Crippen molar-refractivity contribution in [2.45, 2.75) is 18.2 Å². The Hall–Kier alpha value is -0.410. The van der Waals surface area contributed by atoms with Gasteiger partial charge in [-0.1, -0.05) is 0 Å². The Morgan fingerprint density at radius 1 is 1.29 bits per heavy atom. The van der Waals surface area contributed by atoms with E-state index in [9.17, 15) is 13.9 Å². The van der Waals surface area contributed by atoms with E-state index < -0.39 is 27.4 Å². The van der Waals surface area contributed by atoms with Crippen molar-refractivity contribution in [3.8, 4) is 0 Å². The Balaban J connectivity index is 4.32. The van der Waals surface area contributed by atoms with Crippen molar-refractivity contribution in [1.29, 1.82) is 0 Å². The maximum absolute atomic E-state index is 11.2. The van der Waals surface area contributed by atoms with Crippen LogP contribution in [0.4, 0.5) is 0 Å². The van der Waals surface area contributed by atoms with E-state index >= 15 is 0 Å². The molecule has 0 heterocycles. The van der Waals surface area contributed by atoms with Crippen LogP contribution < -0.4 is 0 Å². The summed E-state index contributed by atoms with van der Waals surface area (Å²) in [6.07, 6.45) is -0.193. The molecule has 0 aromatic heterocycles. The summed E-state index contributed by atoms with van der Waals surface area (Å²) in [4.78, 5) is 10.3. The lowest BCUT2D eigenvalue weighted by molar-refractivity contribution is -0.137. The SMILES string of the molecule is CO[P+](=O)C(CCC(=O)O)[P+](=O)OC. The zero-order chi connectivity index (χ0) is 11.1. The summed E-state index contributed by atoms with van der Waals surface area (Å²) in [5.74, 6) is -1.03. The third-order valence-electron chi connectivity index (χ3n) is 1.46. The average molecular weight is 242 g/mol. The number of carboxylic acid groups (broad SMARTS) is 1. The summed E-state index contributed by atoms with van der Waals surface area (Å²) in [7, 11) is -1.85. The van der Waals surface area contributed by atoms with E-state index in [4.69, 9.17) is 5.11 Å². The summed E-state index contributed by atoms with van der Waals surface area (Å²) < 4.78 is 31.4. The smallest absolute Gasteiger partial charge is 0.481 e. The molecule has 0 fully saturated rings. The van der Waals surface area contributed by atoms with Gasteiger partial charge in [0.25, 0.3) is 0 Å². The molecule has 8 heteroatoms. The van der Waals surface area contributed by atoms with Gasteiger partial charge in [-0.2, -0.15) is 0 Å². The summed E-state index contributed by atoms with van der Waals surface area (Å²) in [6.45, 7) is 0. The number of hydrogen-bond acceptors (Lipinski definition) is 5. The van der Waals surface area contributed by atoms with E-state index in [2.05, 4.69) is 9.05 Å². The summed E-state index contributed by atoms with van der Waals surface area (Å²) in [5, 5.41) is 7.54. The van der Waals surface area contributed by atoms with Crippen LogP contribution in [0.15, 0.2) is 0 Å². The van der Waals surface area contributed by atoms with E-state index in [-0.39, 0.29) is 12.8 Å². The highest BCUT2D eigenvalue weighted by Gasteiger charge is 2.50. The van der Waals surface area contributed by atoms with Gasteiger partial charge >= 0.3 is 27.4 Å². The van der Waals surface area contributed by atoms with Crippen LogP contribution in [-0.4, -0.2) is 30.7 Å². The van der Waals surface area contributed by atoms with Gasteiger partial charge in [0, 0.05) is 0 Å². The molecule has 0 aliphatic heterocycles. The third kappa shape index (κ3) is 4.72. The molecule has 2 unspecified atom stereocenters. The highest BCUT2D eigenvalue weighted by atomic mass is 31.2. The number of rotatable bonds is 7. The van der Waals surface area contributed by atoms with Crippen molar-refractivity contribution in [2.24, 2.45) is 0 Å². The van der Waals surface area contributed by atoms with Gasteiger partial charge in [-0.15, -0.1) is 9.05 Å². The van der Waals surface area contributed by atoms with E-state index in [0.29, 0.717) is 0 Å². The first-order chi connectivity index (χ1) is 6.52. The molecular weight excluding hydrogens is 230 g/mol. The van der Waals surface area contributed by atoms with Crippen LogP contribution in [-0.2, 0) is 23.0 Å². The fraction of sp³-hybridized carbons (Fsp3) is 0.833. The minimum Gasteiger partial charge on any atom is -0.481 e. The minimum atomic E-state index is -2.14. The molecular formula is C6H12O6P2+2. The van der Waals surface area contributed by atoms with Crippen LogP contribution in [0.1, 0.15) is 12.8 Å². The molecule has 80 valence electrons. The number of carboxylic acids is 1. The molecule has 0 aromatic rings. The predicted molar refractivity (Wildman–Crippen MR) is 49.9 cm³/mol. The fourth-order valence-corrected chi connectivity index (χ4v) is 3.13. The van der Waals surface area contributed by atoms with Crippen LogP contribution in [0.25, 0.3) is 0 Å². The summed E-state index contributed by atoms with van der Waals surface area (Å²) >= 11 is 0. The molecule has 0 saturated heterocycles. The van der Waals surface area contributed by atoms with Crippen LogP contribution in [0.5, 0.6) is 0 Å².